The van der Waals surface area contributed by atoms with Gasteiger partial charge >= 0.3 is 0 Å². The Morgan fingerprint density at radius 2 is 1.79 bits per heavy atom. The summed E-state index contributed by atoms with van der Waals surface area (Å²) in [5, 5.41) is 15.7. The van der Waals surface area contributed by atoms with Crippen molar-refractivity contribution in [2.24, 2.45) is 0 Å². The van der Waals surface area contributed by atoms with Crippen molar-refractivity contribution >= 4 is 11.8 Å². The molecule has 0 radical (unpaired) electrons. The topological polar surface area (TPSA) is 132 Å². The summed E-state index contributed by atoms with van der Waals surface area (Å²) in [7, 11) is 0. The van der Waals surface area contributed by atoms with Crippen LogP contribution in [0.25, 0.3) is 11.6 Å². The van der Waals surface area contributed by atoms with Gasteiger partial charge in [-0.1, -0.05) is 19.3 Å². The number of hydrogen-bond acceptors (Lipinski definition) is 9. The van der Waals surface area contributed by atoms with E-state index in [1.807, 2.05) is 26.0 Å². The van der Waals surface area contributed by atoms with E-state index < -0.39 is 6.04 Å². The zero-order chi connectivity index (χ0) is 27.2. The minimum atomic E-state index is -0.912. The lowest BCUT2D eigenvalue weighted by Crippen LogP contribution is -2.50. The average Bonchev–Trinajstić information content (AvgIpc) is 3.69. The molecule has 1 atom stereocenters. The number of rotatable bonds is 10. The fourth-order valence-electron chi connectivity index (χ4n) is 5.20. The molecule has 0 bridgehead atoms. The number of furan rings is 2. The van der Waals surface area contributed by atoms with Crippen LogP contribution in [-0.4, -0.2) is 87.3 Å². The van der Waals surface area contributed by atoms with Gasteiger partial charge in [-0.2, -0.15) is 4.80 Å². The number of tetrazole rings is 1. The molecular weight excluding hydrogens is 502 g/mol. The molecule has 0 spiro atoms. The summed E-state index contributed by atoms with van der Waals surface area (Å²) >= 11 is 0. The van der Waals surface area contributed by atoms with Gasteiger partial charge in [0.05, 0.1) is 13.2 Å². The second-order valence-corrected chi connectivity index (χ2v) is 10.3. The monoisotopic (exact) mass is 539 g/mol. The van der Waals surface area contributed by atoms with Gasteiger partial charge in [0.15, 0.2) is 11.8 Å². The summed E-state index contributed by atoms with van der Waals surface area (Å²) in [4.78, 5) is 32.7. The third-order valence-electron chi connectivity index (χ3n) is 7.31. The number of carbonyl (C=O) groups is 2. The van der Waals surface area contributed by atoms with Gasteiger partial charge in [-0.3, -0.25) is 14.5 Å². The van der Waals surface area contributed by atoms with Crippen LogP contribution in [0.3, 0.4) is 0 Å². The minimum Gasteiger partial charge on any atom is -0.464 e. The number of nitrogens with zero attached hydrogens (tertiary/aromatic N) is 6. The molecule has 4 heterocycles. The highest BCUT2D eigenvalue weighted by molar-refractivity contribution is 5.88. The average molecular weight is 540 g/mol. The Morgan fingerprint density at radius 3 is 2.49 bits per heavy atom. The SMILES string of the molecule is Cc1ccc(-c2nnn(CC(=O)N(CCN3CCOCC3)[C@H](C(=O)NC3CCCCC3)c3ccc(C)o3)n2)o1. The van der Waals surface area contributed by atoms with Gasteiger partial charge < -0.3 is 23.8 Å². The highest BCUT2D eigenvalue weighted by Crippen LogP contribution is 2.26. The smallest absolute Gasteiger partial charge is 0.250 e. The molecule has 5 rings (SSSR count). The summed E-state index contributed by atoms with van der Waals surface area (Å²) in [6.07, 6.45) is 5.24. The molecule has 1 N–H and O–H groups in total. The second-order valence-electron chi connectivity index (χ2n) is 10.3. The van der Waals surface area contributed by atoms with Crippen molar-refractivity contribution in [3.63, 3.8) is 0 Å². The van der Waals surface area contributed by atoms with Gasteiger partial charge in [0, 0.05) is 32.2 Å². The molecule has 3 aromatic rings. The van der Waals surface area contributed by atoms with Crippen LogP contribution in [0, 0.1) is 13.8 Å². The third kappa shape index (κ3) is 6.93. The summed E-state index contributed by atoms with van der Waals surface area (Å²) in [6.45, 7) is 7.26. The van der Waals surface area contributed by atoms with Gasteiger partial charge in [0.25, 0.3) is 5.91 Å². The van der Waals surface area contributed by atoms with Crippen LogP contribution in [0.15, 0.2) is 33.1 Å². The highest BCUT2D eigenvalue weighted by atomic mass is 16.5. The van der Waals surface area contributed by atoms with Gasteiger partial charge in [-0.25, -0.2) is 0 Å². The Labute approximate surface area is 227 Å². The molecule has 39 heavy (non-hydrogen) atoms. The molecule has 210 valence electrons. The lowest BCUT2D eigenvalue weighted by molar-refractivity contribution is -0.143. The van der Waals surface area contributed by atoms with E-state index in [1.54, 1.807) is 17.0 Å². The molecule has 1 aliphatic carbocycles. The van der Waals surface area contributed by atoms with Crippen molar-refractivity contribution < 1.29 is 23.2 Å². The van der Waals surface area contributed by atoms with Gasteiger partial charge in [0.1, 0.15) is 23.8 Å². The normalized spacial score (nSPS) is 17.7. The summed E-state index contributed by atoms with van der Waals surface area (Å²) in [6, 6.07) is 6.35. The molecule has 2 amide bonds. The van der Waals surface area contributed by atoms with Crippen LogP contribution in [0.1, 0.15) is 55.4 Å². The maximum Gasteiger partial charge on any atom is 0.250 e. The zero-order valence-electron chi connectivity index (χ0n) is 22.7. The van der Waals surface area contributed by atoms with Crippen molar-refractivity contribution in [3.05, 3.63) is 41.5 Å². The number of hydrogen-bond donors (Lipinski definition) is 1. The van der Waals surface area contributed by atoms with E-state index in [4.69, 9.17) is 13.6 Å². The van der Waals surface area contributed by atoms with E-state index in [0.717, 1.165) is 44.5 Å². The Bertz CT molecular complexity index is 1240. The number of amides is 2. The lowest BCUT2D eigenvalue weighted by Gasteiger charge is -2.34. The largest absolute Gasteiger partial charge is 0.464 e. The summed E-state index contributed by atoms with van der Waals surface area (Å²) in [5.74, 6) is 2.08. The Hall–Kier alpha value is -3.51. The van der Waals surface area contributed by atoms with E-state index in [0.29, 0.717) is 49.4 Å². The van der Waals surface area contributed by atoms with E-state index >= 15 is 0 Å². The van der Waals surface area contributed by atoms with Crippen LogP contribution in [0.2, 0.25) is 0 Å². The lowest BCUT2D eigenvalue weighted by atomic mass is 9.95. The van der Waals surface area contributed by atoms with Crippen molar-refractivity contribution in [3.8, 4) is 11.6 Å². The zero-order valence-corrected chi connectivity index (χ0v) is 22.7. The van der Waals surface area contributed by atoms with Gasteiger partial charge in [-0.15, -0.1) is 10.2 Å². The molecule has 12 nitrogen and oxygen atoms in total. The second kappa shape index (κ2) is 12.6. The predicted molar refractivity (Wildman–Crippen MR) is 140 cm³/mol. The quantitative estimate of drug-likeness (QED) is 0.413. The van der Waals surface area contributed by atoms with Crippen molar-refractivity contribution in [1.29, 1.82) is 0 Å². The standard InChI is InChI=1S/C27H37N7O5/c1-19-8-10-22(38-19)25(27(36)28-21-6-4-3-5-7-21)33(13-12-32-14-16-37-17-15-32)24(35)18-34-30-26(29-31-34)23-11-9-20(2)39-23/h8-11,21,25H,3-7,12-18H2,1-2H3,(H,28,36)/t25-/m0/s1. The first kappa shape index (κ1) is 27.1. The fourth-order valence-corrected chi connectivity index (χ4v) is 5.20. The van der Waals surface area contributed by atoms with Crippen LogP contribution < -0.4 is 5.32 Å². The molecule has 1 saturated carbocycles. The number of carbonyl (C=O) groups excluding carboxylic acids is 2. The van der Waals surface area contributed by atoms with Crippen LogP contribution in [0.5, 0.6) is 0 Å². The van der Waals surface area contributed by atoms with E-state index in [2.05, 4.69) is 25.6 Å². The van der Waals surface area contributed by atoms with Crippen molar-refractivity contribution in [2.75, 3.05) is 39.4 Å². The van der Waals surface area contributed by atoms with Crippen LogP contribution in [-0.2, 0) is 20.9 Å². The number of aryl methyl sites for hydroxylation is 2. The molecule has 2 aliphatic rings. The molecule has 1 saturated heterocycles. The van der Waals surface area contributed by atoms with Crippen LogP contribution in [0.4, 0.5) is 0 Å². The molecule has 0 unspecified atom stereocenters. The minimum absolute atomic E-state index is 0.0947. The van der Waals surface area contributed by atoms with Crippen molar-refractivity contribution in [1.82, 2.24) is 35.3 Å². The van der Waals surface area contributed by atoms with Gasteiger partial charge in [0.2, 0.25) is 11.7 Å². The molecule has 0 aromatic carbocycles. The Balaban J connectivity index is 1.39. The van der Waals surface area contributed by atoms with Crippen LogP contribution >= 0.6 is 0 Å². The molecule has 1 aliphatic heterocycles. The van der Waals surface area contributed by atoms with Crippen molar-refractivity contribution in [2.45, 2.75) is 64.6 Å². The molecule has 12 heteroatoms. The first-order valence-corrected chi connectivity index (χ1v) is 13.8. The Kier molecular flexibility index (Phi) is 8.72. The van der Waals surface area contributed by atoms with E-state index in [9.17, 15) is 9.59 Å². The molecule has 2 fully saturated rings. The maximum atomic E-state index is 13.9. The number of nitrogens with one attached hydrogen (secondary N) is 1. The predicted octanol–water partition coefficient (Wildman–Crippen LogP) is 2.49. The summed E-state index contributed by atoms with van der Waals surface area (Å²) < 4.78 is 17.0. The summed E-state index contributed by atoms with van der Waals surface area (Å²) in [5.41, 5.74) is 0. The van der Waals surface area contributed by atoms with E-state index in [1.165, 1.54) is 11.2 Å². The maximum absolute atomic E-state index is 13.9. The highest BCUT2D eigenvalue weighted by Gasteiger charge is 2.35. The molecular formula is C27H37N7O5. The molecule has 3 aromatic heterocycles. The van der Waals surface area contributed by atoms with Gasteiger partial charge in [-0.05, 0) is 56.2 Å². The number of morpholine rings is 1. The first-order chi connectivity index (χ1) is 19.0. The fraction of sp³-hybridized carbons (Fsp3) is 0.593. The third-order valence-corrected chi connectivity index (χ3v) is 7.31. The Morgan fingerprint density at radius 1 is 1.05 bits per heavy atom. The van der Waals surface area contributed by atoms with E-state index in [-0.39, 0.29) is 24.4 Å². The first-order valence-electron chi connectivity index (χ1n) is 13.8. The number of ether oxygens (including phenoxy) is 1. The number of aromatic nitrogens is 4.